The van der Waals surface area contributed by atoms with Crippen LogP contribution in [0.5, 0.6) is 11.5 Å². The molecule has 2 aromatic carbocycles. The fourth-order valence-electron chi connectivity index (χ4n) is 2.13. The highest BCUT2D eigenvalue weighted by Crippen LogP contribution is 2.35. The van der Waals surface area contributed by atoms with Crippen LogP contribution in [-0.2, 0) is 0 Å². The number of phenolic OH excluding ortho intramolecular Hbond substituents is 2. The smallest absolute Gasteiger partial charge is 0.160 e. The molecule has 3 aromatic rings. The van der Waals surface area contributed by atoms with E-state index in [0.29, 0.717) is 23.0 Å². The molecule has 0 radical (unpaired) electrons. The molecule has 0 saturated carbocycles. The summed E-state index contributed by atoms with van der Waals surface area (Å²) in [6.07, 6.45) is 0. The maximum absolute atomic E-state index is 9.72. The topological polar surface area (TPSA) is 95.5 Å². The van der Waals surface area contributed by atoms with Crippen LogP contribution in [0, 0.1) is 0 Å². The fourth-order valence-corrected chi connectivity index (χ4v) is 2.13. The van der Waals surface area contributed by atoms with Crippen molar-refractivity contribution in [3.63, 3.8) is 0 Å². The number of phenols is 2. The summed E-state index contributed by atoms with van der Waals surface area (Å²) in [4.78, 5) is 1.76. The number of rotatable bonds is 3. The van der Waals surface area contributed by atoms with Crippen LogP contribution in [-0.4, -0.2) is 20.4 Å². The van der Waals surface area contributed by atoms with Crippen molar-refractivity contribution in [1.82, 2.24) is 10.2 Å². The molecule has 0 aliphatic carbocycles. The van der Waals surface area contributed by atoms with Crippen molar-refractivity contribution in [1.29, 1.82) is 0 Å². The van der Waals surface area contributed by atoms with Gasteiger partial charge in [0.2, 0.25) is 0 Å². The van der Waals surface area contributed by atoms with Crippen LogP contribution in [0.15, 0.2) is 60.7 Å². The molecule has 6 heteroatoms. The van der Waals surface area contributed by atoms with Crippen molar-refractivity contribution in [2.75, 3.05) is 10.6 Å². The molecule has 0 saturated heterocycles. The molecule has 0 atom stereocenters. The molecule has 0 fully saturated rings. The fraction of sp³-hybridized carbons (Fsp3) is 0. The van der Waals surface area contributed by atoms with E-state index in [9.17, 15) is 10.2 Å². The lowest BCUT2D eigenvalue weighted by atomic mass is 10.2. The summed E-state index contributed by atoms with van der Waals surface area (Å²) in [6.45, 7) is 0. The second kappa shape index (κ2) is 5.61. The van der Waals surface area contributed by atoms with Gasteiger partial charge in [-0.2, -0.15) is 0 Å². The first kappa shape index (κ1) is 13.7. The average Bonchev–Trinajstić information content (AvgIpc) is 2.50. The minimum atomic E-state index is 0.131. The molecule has 0 amide bonds. The molecule has 0 unspecified atom stereocenters. The maximum atomic E-state index is 9.72. The standard InChI is InChI=1S/C16H14N4O2/c17-15-7-8-16(19-18-15)20(11-3-1-5-13(21)9-11)12-4-2-6-14(22)10-12/h1-10,21-22H,(H2,17,18). The molecule has 0 bridgehead atoms. The normalized spacial score (nSPS) is 10.4. The number of anilines is 4. The Labute approximate surface area is 127 Å². The Bertz CT molecular complexity index is 745. The largest absolute Gasteiger partial charge is 0.508 e. The van der Waals surface area contributed by atoms with E-state index in [4.69, 9.17) is 5.73 Å². The van der Waals surface area contributed by atoms with Gasteiger partial charge in [-0.25, -0.2) is 0 Å². The van der Waals surface area contributed by atoms with Crippen molar-refractivity contribution in [2.24, 2.45) is 0 Å². The molecule has 110 valence electrons. The van der Waals surface area contributed by atoms with Gasteiger partial charge in [-0.15, -0.1) is 10.2 Å². The molecule has 3 rings (SSSR count). The van der Waals surface area contributed by atoms with Gasteiger partial charge in [-0.05, 0) is 36.4 Å². The molecule has 22 heavy (non-hydrogen) atoms. The zero-order chi connectivity index (χ0) is 15.5. The summed E-state index contributed by atoms with van der Waals surface area (Å²) in [5.41, 5.74) is 6.95. The third kappa shape index (κ3) is 2.76. The highest BCUT2D eigenvalue weighted by Gasteiger charge is 2.15. The Hall–Kier alpha value is -3.28. The van der Waals surface area contributed by atoms with E-state index in [1.165, 1.54) is 0 Å². The first-order valence-electron chi connectivity index (χ1n) is 6.61. The van der Waals surface area contributed by atoms with Crippen molar-refractivity contribution in [3.8, 4) is 11.5 Å². The van der Waals surface area contributed by atoms with Gasteiger partial charge in [0, 0.05) is 12.1 Å². The van der Waals surface area contributed by atoms with Crippen molar-refractivity contribution < 1.29 is 10.2 Å². The van der Waals surface area contributed by atoms with E-state index < -0.39 is 0 Å². The Kier molecular flexibility index (Phi) is 3.49. The van der Waals surface area contributed by atoms with E-state index in [1.807, 2.05) is 12.1 Å². The number of nitrogen functional groups attached to an aromatic ring is 1. The number of aromatic nitrogens is 2. The lowest BCUT2D eigenvalue weighted by Crippen LogP contribution is -2.12. The van der Waals surface area contributed by atoms with Crippen LogP contribution in [0.25, 0.3) is 0 Å². The van der Waals surface area contributed by atoms with Crippen LogP contribution in [0.1, 0.15) is 0 Å². The first-order valence-corrected chi connectivity index (χ1v) is 6.61. The van der Waals surface area contributed by atoms with Crippen LogP contribution in [0.4, 0.5) is 23.0 Å². The molecule has 0 aliphatic rings. The number of hydrogen-bond donors (Lipinski definition) is 3. The molecule has 6 nitrogen and oxygen atoms in total. The van der Waals surface area contributed by atoms with Crippen LogP contribution in [0.3, 0.4) is 0 Å². The predicted molar refractivity (Wildman–Crippen MR) is 84.5 cm³/mol. The quantitative estimate of drug-likeness (QED) is 0.687. The summed E-state index contributed by atoms with van der Waals surface area (Å²) in [6, 6.07) is 16.8. The molecular weight excluding hydrogens is 280 g/mol. The third-order valence-electron chi connectivity index (χ3n) is 3.08. The number of nitrogens with two attached hydrogens (primary N) is 1. The lowest BCUT2D eigenvalue weighted by Gasteiger charge is -2.23. The number of aromatic hydroxyl groups is 2. The molecule has 0 aliphatic heterocycles. The molecule has 1 aromatic heterocycles. The van der Waals surface area contributed by atoms with Crippen molar-refractivity contribution in [3.05, 3.63) is 60.7 Å². The number of benzene rings is 2. The van der Waals surface area contributed by atoms with E-state index in [0.717, 1.165) is 0 Å². The van der Waals surface area contributed by atoms with E-state index in [2.05, 4.69) is 10.2 Å². The average molecular weight is 294 g/mol. The summed E-state index contributed by atoms with van der Waals surface area (Å²) in [5, 5.41) is 27.4. The highest BCUT2D eigenvalue weighted by molar-refractivity contribution is 5.75. The van der Waals surface area contributed by atoms with Gasteiger partial charge in [-0.3, -0.25) is 4.90 Å². The van der Waals surface area contributed by atoms with Crippen molar-refractivity contribution >= 4 is 23.0 Å². The Morgan fingerprint density at radius 3 is 1.82 bits per heavy atom. The van der Waals surface area contributed by atoms with E-state index in [-0.39, 0.29) is 11.5 Å². The van der Waals surface area contributed by atoms with Gasteiger partial charge in [0.05, 0.1) is 11.4 Å². The minimum Gasteiger partial charge on any atom is -0.508 e. The summed E-state index contributed by atoms with van der Waals surface area (Å²) in [5.74, 6) is 1.10. The highest BCUT2D eigenvalue weighted by atomic mass is 16.3. The summed E-state index contributed by atoms with van der Waals surface area (Å²) >= 11 is 0. The second-order valence-electron chi connectivity index (χ2n) is 4.69. The number of hydrogen-bond acceptors (Lipinski definition) is 6. The zero-order valence-electron chi connectivity index (χ0n) is 11.6. The van der Waals surface area contributed by atoms with Crippen LogP contribution >= 0.6 is 0 Å². The maximum Gasteiger partial charge on any atom is 0.160 e. The second-order valence-corrected chi connectivity index (χ2v) is 4.69. The van der Waals surface area contributed by atoms with Crippen LogP contribution < -0.4 is 10.6 Å². The molecular formula is C16H14N4O2. The monoisotopic (exact) mass is 294 g/mol. The first-order chi connectivity index (χ1) is 10.6. The molecule has 0 spiro atoms. The van der Waals surface area contributed by atoms with Gasteiger partial charge in [0.1, 0.15) is 17.3 Å². The number of nitrogens with zero attached hydrogens (tertiary/aromatic N) is 3. The van der Waals surface area contributed by atoms with Crippen molar-refractivity contribution in [2.45, 2.75) is 0 Å². The minimum absolute atomic E-state index is 0.131. The lowest BCUT2D eigenvalue weighted by molar-refractivity contribution is 0.475. The van der Waals surface area contributed by atoms with Gasteiger partial charge < -0.3 is 15.9 Å². The summed E-state index contributed by atoms with van der Waals surface area (Å²) in [7, 11) is 0. The predicted octanol–water partition coefficient (Wildman–Crippen LogP) is 2.94. The Morgan fingerprint density at radius 2 is 1.36 bits per heavy atom. The van der Waals surface area contributed by atoms with Crippen LogP contribution in [0.2, 0.25) is 0 Å². The Morgan fingerprint density at radius 1 is 0.773 bits per heavy atom. The zero-order valence-corrected chi connectivity index (χ0v) is 11.6. The molecule has 4 N–H and O–H groups in total. The van der Waals surface area contributed by atoms with E-state index >= 15 is 0 Å². The molecule has 1 heterocycles. The third-order valence-corrected chi connectivity index (χ3v) is 3.08. The van der Waals surface area contributed by atoms with Gasteiger partial charge in [0.15, 0.2) is 5.82 Å². The van der Waals surface area contributed by atoms with Gasteiger partial charge in [0.25, 0.3) is 0 Å². The van der Waals surface area contributed by atoms with E-state index in [1.54, 1.807) is 53.4 Å². The SMILES string of the molecule is Nc1ccc(N(c2cccc(O)c2)c2cccc(O)c2)nn1. The summed E-state index contributed by atoms with van der Waals surface area (Å²) < 4.78 is 0. The Balaban J connectivity index is 2.15. The van der Waals surface area contributed by atoms with Gasteiger partial charge in [-0.1, -0.05) is 12.1 Å². The van der Waals surface area contributed by atoms with Gasteiger partial charge >= 0.3 is 0 Å².